The smallest absolute Gasteiger partial charge is 0.240 e. The molecule has 1 amide bonds. The number of sulfonamides is 1. The molecule has 170 valence electrons. The lowest BCUT2D eigenvalue weighted by Crippen LogP contribution is -2.41. The van der Waals surface area contributed by atoms with Crippen LogP contribution in [-0.4, -0.2) is 40.8 Å². The van der Waals surface area contributed by atoms with E-state index in [0.29, 0.717) is 18.0 Å². The number of carbonyl (C=O) groups excluding carboxylic acids is 1. The topological polar surface area (TPSA) is 75.7 Å². The number of hydrogen-bond donors (Lipinski definition) is 1. The minimum Gasteiger partial charge on any atom is -0.495 e. The Morgan fingerprint density at radius 1 is 1.12 bits per heavy atom. The maximum Gasteiger partial charge on any atom is 0.240 e. The molecule has 0 fully saturated rings. The number of anilines is 1. The number of methoxy groups -OCH3 is 1. The van der Waals surface area contributed by atoms with E-state index < -0.39 is 10.0 Å². The van der Waals surface area contributed by atoms with Crippen LogP contribution in [0, 0.1) is 5.92 Å². The number of hydrogen-bond acceptors (Lipinski definition) is 4. The van der Waals surface area contributed by atoms with Gasteiger partial charge in [-0.15, -0.1) is 0 Å². The summed E-state index contributed by atoms with van der Waals surface area (Å²) in [6, 6.07) is 19.0. The molecular formula is C24H27ClN2O4S. The highest BCUT2D eigenvalue weighted by molar-refractivity contribution is 7.92. The summed E-state index contributed by atoms with van der Waals surface area (Å²) in [7, 11) is -2.21. The molecule has 0 saturated heterocycles. The van der Waals surface area contributed by atoms with Crippen molar-refractivity contribution >= 4 is 44.0 Å². The molecule has 0 aliphatic carbocycles. The Morgan fingerprint density at radius 2 is 1.84 bits per heavy atom. The number of ether oxygens (including phenoxy) is 1. The lowest BCUT2D eigenvalue weighted by Gasteiger charge is -2.23. The standard InChI is InChI=1S/C24H27ClN2O4S/c1-17(13-19-9-6-8-18-7-4-5-10-21(18)19)15-26-24(28)16-27(32(3,29)30)20-11-12-23(31-2)22(25)14-20/h4-12,14,17H,13,15-16H2,1-3H3,(H,26,28). The van der Waals surface area contributed by atoms with Gasteiger partial charge in [-0.05, 0) is 46.9 Å². The first-order valence-corrected chi connectivity index (χ1v) is 12.5. The molecule has 3 aromatic rings. The maximum absolute atomic E-state index is 12.6. The van der Waals surface area contributed by atoms with Crippen LogP contribution in [0.15, 0.2) is 60.7 Å². The van der Waals surface area contributed by atoms with E-state index in [0.717, 1.165) is 17.0 Å². The average Bonchev–Trinajstić information content (AvgIpc) is 2.75. The summed E-state index contributed by atoms with van der Waals surface area (Å²) >= 11 is 6.13. The zero-order chi connectivity index (χ0) is 23.3. The largest absolute Gasteiger partial charge is 0.495 e. The molecule has 0 bridgehead atoms. The van der Waals surface area contributed by atoms with Gasteiger partial charge in [0.25, 0.3) is 0 Å². The second-order valence-electron chi connectivity index (χ2n) is 7.84. The quantitative estimate of drug-likeness (QED) is 0.502. The summed E-state index contributed by atoms with van der Waals surface area (Å²) < 4.78 is 30.8. The van der Waals surface area contributed by atoms with Crippen molar-refractivity contribution in [3.8, 4) is 5.75 Å². The first-order chi connectivity index (χ1) is 15.2. The number of carbonyl (C=O) groups is 1. The monoisotopic (exact) mass is 474 g/mol. The Morgan fingerprint density at radius 3 is 2.53 bits per heavy atom. The Bertz CT molecular complexity index is 1210. The highest BCUT2D eigenvalue weighted by Crippen LogP contribution is 2.30. The Hall–Kier alpha value is -2.77. The average molecular weight is 475 g/mol. The number of halogens is 1. The molecule has 6 nitrogen and oxygen atoms in total. The summed E-state index contributed by atoms with van der Waals surface area (Å²) in [6.45, 7) is 2.16. The minimum absolute atomic E-state index is 0.173. The summed E-state index contributed by atoms with van der Waals surface area (Å²) in [4.78, 5) is 12.6. The van der Waals surface area contributed by atoms with Gasteiger partial charge in [-0.2, -0.15) is 0 Å². The lowest BCUT2D eigenvalue weighted by atomic mass is 9.96. The normalized spacial score (nSPS) is 12.4. The molecular weight excluding hydrogens is 448 g/mol. The van der Waals surface area contributed by atoms with E-state index in [4.69, 9.17) is 16.3 Å². The van der Waals surface area contributed by atoms with Gasteiger partial charge >= 0.3 is 0 Å². The summed E-state index contributed by atoms with van der Waals surface area (Å²) in [5.41, 5.74) is 1.52. The van der Waals surface area contributed by atoms with Crippen molar-refractivity contribution in [1.29, 1.82) is 0 Å². The van der Waals surface area contributed by atoms with Crippen LogP contribution in [0.5, 0.6) is 5.75 Å². The van der Waals surface area contributed by atoms with Gasteiger partial charge in [-0.1, -0.05) is 61.0 Å². The van der Waals surface area contributed by atoms with E-state index in [1.807, 2.05) is 18.2 Å². The van der Waals surface area contributed by atoms with Crippen molar-refractivity contribution in [2.45, 2.75) is 13.3 Å². The predicted octanol–water partition coefficient (Wildman–Crippen LogP) is 4.26. The van der Waals surface area contributed by atoms with Crippen LogP contribution in [0.1, 0.15) is 12.5 Å². The second kappa shape index (κ2) is 10.2. The fourth-order valence-electron chi connectivity index (χ4n) is 3.60. The van der Waals surface area contributed by atoms with Gasteiger partial charge in [-0.25, -0.2) is 8.42 Å². The molecule has 3 aromatic carbocycles. The van der Waals surface area contributed by atoms with Crippen LogP contribution in [0.4, 0.5) is 5.69 Å². The van der Waals surface area contributed by atoms with E-state index in [1.165, 1.54) is 29.5 Å². The first-order valence-electron chi connectivity index (χ1n) is 10.2. The first kappa shape index (κ1) is 23.9. The van der Waals surface area contributed by atoms with Crippen LogP contribution >= 0.6 is 11.6 Å². The molecule has 1 unspecified atom stereocenters. The SMILES string of the molecule is COc1ccc(N(CC(=O)NCC(C)Cc2cccc3ccccc23)S(C)(=O)=O)cc1Cl. The van der Waals surface area contributed by atoms with E-state index in [2.05, 4.69) is 36.5 Å². The second-order valence-corrected chi connectivity index (χ2v) is 10.2. The zero-order valence-electron chi connectivity index (χ0n) is 18.3. The highest BCUT2D eigenvalue weighted by Gasteiger charge is 2.22. The third-order valence-electron chi connectivity index (χ3n) is 5.21. The number of benzene rings is 3. The molecule has 0 aliphatic rings. The molecule has 0 spiro atoms. The molecule has 8 heteroatoms. The third-order valence-corrected chi connectivity index (χ3v) is 6.64. The molecule has 1 N–H and O–H groups in total. The van der Waals surface area contributed by atoms with Crippen LogP contribution in [0.25, 0.3) is 10.8 Å². The number of nitrogens with one attached hydrogen (secondary N) is 1. The molecule has 0 aromatic heterocycles. The zero-order valence-corrected chi connectivity index (χ0v) is 19.9. The van der Waals surface area contributed by atoms with Crippen molar-refractivity contribution in [3.63, 3.8) is 0 Å². The van der Waals surface area contributed by atoms with Gasteiger partial charge < -0.3 is 10.1 Å². The van der Waals surface area contributed by atoms with Crippen molar-refractivity contribution in [2.24, 2.45) is 5.92 Å². The fraction of sp³-hybridized carbons (Fsp3) is 0.292. The summed E-state index contributed by atoms with van der Waals surface area (Å²) in [6.07, 6.45) is 1.85. The van der Waals surface area contributed by atoms with Gasteiger partial charge in [0.05, 0.1) is 24.1 Å². The van der Waals surface area contributed by atoms with Crippen LogP contribution < -0.4 is 14.4 Å². The molecule has 32 heavy (non-hydrogen) atoms. The molecule has 3 rings (SSSR count). The van der Waals surface area contributed by atoms with E-state index >= 15 is 0 Å². The van der Waals surface area contributed by atoms with Gasteiger partial charge in [0, 0.05) is 6.54 Å². The van der Waals surface area contributed by atoms with E-state index in [9.17, 15) is 13.2 Å². The van der Waals surface area contributed by atoms with Crippen LogP contribution in [-0.2, 0) is 21.2 Å². The lowest BCUT2D eigenvalue weighted by molar-refractivity contribution is -0.119. The maximum atomic E-state index is 12.6. The third kappa shape index (κ3) is 5.93. The molecule has 1 atom stereocenters. The van der Waals surface area contributed by atoms with Crippen molar-refractivity contribution in [2.75, 3.05) is 30.8 Å². The number of amides is 1. The molecule has 0 aliphatic heterocycles. The number of fused-ring (bicyclic) bond motifs is 1. The summed E-state index contributed by atoms with van der Waals surface area (Å²) in [5, 5.41) is 5.51. The van der Waals surface area contributed by atoms with Crippen molar-refractivity contribution < 1.29 is 17.9 Å². The van der Waals surface area contributed by atoms with Gasteiger partial charge in [0.15, 0.2) is 0 Å². The van der Waals surface area contributed by atoms with E-state index in [-0.39, 0.29) is 23.4 Å². The molecule has 0 radical (unpaired) electrons. The van der Waals surface area contributed by atoms with E-state index in [1.54, 1.807) is 12.1 Å². The van der Waals surface area contributed by atoms with Crippen molar-refractivity contribution in [1.82, 2.24) is 5.32 Å². The summed E-state index contributed by atoms with van der Waals surface area (Å²) in [5.74, 6) is 0.217. The number of rotatable bonds is 9. The minimum atomic E-state index is -3.69. The molecule has 0 heterocycles. The number of nitrogens with zero attached hydrogens (tertiary/aromatic N) is 1. The Balaban J connectivity index is 1.64. The van der Waals surface area contributed by atoms with Crippen molar-refractivity contribution in [3.05, 3.63) is 71.2 Å². The van der Waals surface area contributed by atoms with Crippen LogP contribution in [0.2, 0.25) is 5.02 Å². The van der Waals surface area contributed by atoms with Crippen LogP contribution in [0.3, 0.4) is 0 Å². The Kier molecular flexibility index (Phi) is 7.64. The Labute approximate surface area is 194 Å². The van der Waals surface area contributed by atoms with Gasteiger partial charge in [0.2, 0.25) is 15.9 Å². The van der Waals surface area contributed by atoms with Gasteiger partial charge in [-0.3, -0.25) is 9.10 Å². The predicted molar refractivity (Wildman–Crippen MR) is 130 cm³/mol. The van der Waals surface area contributed by atoms with Gasteiger partial charge in [0.1, 0.15) is 12.3 Å². The fourth-order valence-corrected chi connectivity index (χ4v) is 4.70. The highest BCUT2D eigenvalue weighted by atomic mass is 35.5. The molecule has 0 saturated carbocycles.